The Balaban J connectivity index is 2.06. The summed E-state index contributed by atoms with van der Waals surface area (Å²) < 4.78 is 10.4. The Morgan fingerprint density at radius 3 is 2.71 bits per heavy atom. The lowest BCUT2D eigenvalue weighted by atomic mass is 9.91. The summed E-state index contributed by atoms with van der Waals surface area (Å²) in [4.78, 5) is 24.2. The molecule has 6 heteroatoms. The molecule has 112 valence electrons. The van der Waals surface area contributed by atoms with Crippen molar-refractivity contribution < 1.29 is 19.1 Å². The van der Waals surface area contributed by atoms with Crippen molar-refractivity contribution in [2.45, 2.75) is 13.8 Å². The molecular formula is C15H18N2O4. The molecule has 1 aromatic rings. The molecule has 1 aliphatic heterocycles. The number of amides is 2. The van der Waals surface area contributed by atoms with Gasteiger partial charge >= 0.3 is 0 Å². The molecule has 0 unspecified atom stereocenters. The normalized spacial score (nSPS) is 12.7. The van der Waals surface area contributed by atoms with E-state index in [0.29, 0.717) is 23.7 Å². The first kappa shape index (κ1) is 14.9. The maximum absolute atomic E-state index is 12.3. The number of carbonyl (C=O) groups is 2. The summed E-state index contributed by atoms with van der Waals surface area (Å²) in [5, 5.41) is 5.33. The van der Waals surface area contributed by atoms with Gasteiger partial charge in [0.25, 0.3) is 0 Å². The summed E-state index contributed by atoms with van der Waals surface area (Å²) in [6, 6.07) is 5.07. The van der Waals surface area contributed by atoms with Crippen molar-refractivity contribution in [3.8, 4) is 11.5 Å². The van der Waals surface area contributed by atoms with Crippen LogP contribution in [-0.2, 0) is 9.59 Å². The van der Waals surface area contributed by atoms with Gasteiger partial charge in [-0.15, -0.1) is 6.58 Å². The molecule has 0 aromatic heterocycles. The van der Waals surface area contributed by atoms with E-state index in [1.54, 1.807) is 38.1 Å². The fourth-order valence-electron chi connectivity index (χ4n) is 1.75. The molecule has 1 aromatic carbocycles. The Bertz CT molecular complexity index is 581. The van der Waals surface area contributed by atoms with Crippen molar-refractivity contribution in [1.82, 2.24) is 5.32 Å². The van der Waals surface area contributed by atoms with E-state index < -0.39 is 11.3 Å². The third-order valence-electron chi connectivity index (χ3n) is 3.17. The third-order valence-corrected chi connectivity index (χ3v) is 3.17. The van der Waals surface area contributed by atoms with Gasteiger partial charge in [0.15, 0.2) is 11.5 Å². The fraction of sp³-hybridized carbons (Fsp3) is 0.333. The van der Waals surface area contributed by atoms with Crippen LogP contribution in [0.3, 0.4) is 0 Å². The van der Waals surface area contributed by atoms with Gasteiger partial charge in [0.1, 0.15) is 5.41 Å². The van der Waals surface area contributed by atoms with E-state index in [4.69, 9.17) is 9.47 Å². The average molecular weight is 290 g/mol. The van der Waals surface area contributed by atoms with Crippen LogP contribution in [0.4, 0.5) is 5.69 Å². The Kier molecular flexibility index (Phi) is 4.16. The zero-order valence-electron chi connectivity index (χ0n) is 12.1. The predicted octanol–water partition coefficient (Wildman–Crippen LogP) is 1.68. The van der Waals surface area contributed by atoms with Crippen LogP contribution in [0.1, 0.15) is 13.8 Å². The summed E-state index contributed by atoms with van der Waals surface area (Å²) in [5.74, 6) is 0.446. The van der Waals surface area contributed by atoms with Gasteiger partial charge in [-0.25, -0.2) is 0 Å². The number of nitrogens with one attached hydrogen (secondary N) is 2. The van der Waals surface area contributed by atoms with Gasteiger partial charge in [0.05, 0.1) is 0 Å². The summed E-state index contributed by atoms with van der Waals surface area (Å²) in [6.45, 7) is 7.13. The standard InChI is InChI=1S/C15H18N2O4/c1-4-7-16-13(18)15(2,3)14(19)17-10-5-6-11-12(8-10)21-9-20-11/h4-6,8H,1,7,9H2,2-3H3,(H,16,18)(H,17,19). The molecule has 0 bridgehead atoms. The lowest BCUT2D eigenvalue weighted by molar-refractivity contribution is -0.138. The van der Waals surface area contributed by atoms with Gasteiger partial charge in [-0.3, -0.25) is 9.59 Å². The van der Waals surface area contributed by atoms with E-state index >= 15 is 0 Å². The van der Waals surface area contributed by atoms with Crippen LogP contribution < -0.4 is 20.1 Å². The smallest absolute Gasteiger partial charge is 0.239 e. The maximum Gasteiger partial charge on any atom is 0.239 e. The average Bonchev–Trinajstić information content (AvgIpc) is 2.91. The third kappa shape index (κ3) is 3.16. The quantitative estimate of drug-likeness (QED) is 0.639. The lowest BCUT2D eigenvalue weighted by Crippen LogP contribution is -2.45. The highest BCUT2D eigenvalue weighted by molar-refractivity contribution is 6.09. The molecule has 2 amide bonds. The van der Waals surface area contributed by atoms with Crippen molar-refractivity contribution in [3.05, 3.63) is 30.9 Å². The number of rotatable bonds is 5. The Hall–Kier alpha value is -2.50. The van der Waals surface area contributed by atoms with E-state index in [-0.39, 0.29) is 12.7 Å². The van der Waals surface area contributed by atoms with Crippen molar-refractivity contribution >= 4 is 17.5 Å². The molecule has 2 rings (SSSR count). The van der Waals surface area contributed by atoms with Gasteiger partial charge in [0, 0.05) is 18.3 Å². The number of ether oxygens (including phenoxy) is 2. The molecule has 0 fully saturated rings. The first-order chi connectivity index (χ1) is 9.95. The summed E-state index contributed by atoms with van der Waals surface area (Å²) >= 11 is 0. The van der Waals surface area contributed by atoms with Gasteiger partial charge in [-0.05, 0) is 26.0 Å². The SMILES string of the molecule is C=CCNC(=O)C(C)(C)C(=O)Nc1ccc2c(c1)OCO2. The van der Waals surface area contributed by atoms with Crippen LogP contribution in [-0.4, -0.2) is 25.2 Å². The molecule has 2 N–H and O–H groups in total. The Morgan fingerprint density at radius 2 is 2.00 bits per heavy atom. The number of hydrogen-bond acceptors (Lipinski definition) is 4. The molecule has 21 heavy (non-hydrogen) atoms. The summed E-state index contributed by atoms with van der Waals surface area (Å²) in [7, 11) is 0. The monoisotopic (exact) mass is 290 g/mol. The van der Waals surface area contributed by atoms with E-state index in [2.05, 4.69) is 17.2 Å². The largest absolute Gasteiger partial charge is 0.454 e. The molecule has 0 spiro atoms. The molecular weight excluding hydrogens is 272 g/mol. The summed E-state index contributed by atoms with van der Waals surface area (Å²) in [6.07, 6.45) is 1.56. The van der Waals surface area contributed by atoms with Crippen molar-refractivity contribution in [3.63, 3.8) is 0 Å². The highest BCUT2D eigenvalue weighted by Gasteiger charge is 2.35. The van der Waals surface area contributed by atoms with Crippen LogP contribution in [0, 0.1) is 5.41 Å². The van der Waals surface area contributed by atoms with Gasteiger partial charge in [-0.1, -0.05) is 6.08 Å². The second-order valence-corrected chi connectivity index (χ2v) is 5.15. The number of fused-ring (bicyclic) bond motifs is 1. The Morgan fingerprint density at radius 1 is 1.29 bits per heavy atom. The van der Waals surface area contributed by atoms with Gasteiger partial charge in [-0.2, -0.15) is 0 Å². The molecule has 0 saturated carbocycles. The van der Waals surface area contributed by atoms with Gasteiger partial charge in [0.2, 0.25) is 18.6 Å². The molecule has 0 aliphatic carbocycles. The highest BCUT2D eigenvalue weighted by Crippen LogP contribution is 2.34. The summed E-state index contributed by atoms with van der Waals surface area (Å²) in [5.41, 5.74) is -0.645. The zero-order chi connectivity index (χ0) is 15.5. The molecule has 6 nitrogen and oxygen atoms in total. The first-order valence-electron chi connectivity index (χ1n) is 6.55. The second kappa shape index (κ2) is 5.87. The van der Waals surface area contributed by atoms with E-state index in [0.717, 1.165) is 0 Å². The molecule has 1 aliphatic rings. The Labute approximate surface area is 123 Å². The highest BCUT2D eigenvalue weighted by atomic mass is 16.7. The minimum absolute atomic E-state index is 0.169. The molecule has 0 atom stereocenters. The number of benzene rings is 1. The predicted molar refractivity (Wildman–Crippen MR) is 78.2 cm³/mol. The van der Waals surface area contributed by atoms with Crippen LogP contribution >= 0.6 is 0 Å². The van der Waals surface area contributed by atoms with Crippen molar-refractivity contribution in [1.29, 1.82) is 0 Å². The number of anilines is 1. The van der Waals surface area contributed by atoms with Crippen molar-refractivity contribution in [2.75, 3.05) is 18.7 Å². The van der Waals surface area contributed by atoms with E-state index in [9.17, 15) is 9.59 Å². The fourth-order valence-corrected chi connectivity index (χ4v) is 1.75. The first-order valence-corrected chi connectivity index (χ1v) is 6.55. The number of hydrogen-bond donors (Lipinski definition) is 2. The molecule has 1 heterocycles. The maximum atomic E-state index is 12.3. The second-order valence-electron chi connectivity index (χ2n) is 5.15. The minimum Gasteiger partial charge on any atom is -0.454 e. The van der Waals surface area contributed by atoms with E-state index in [1.807, 2.05) is 0 Å². The topological polar surface area (TPSA) is 76.7 Å². The van der Waals surface area contributed by atoms with Crippen LogP contribution in [0.5, 0.6) is 11.5 Å². The molecule has 0 saturated heterocycles. The zero-order valence-corrected chi connectivity index (χ0v) is 12.1. The molecule has 0 radical (unpaired) electrons. The van der Waals surface area contributed by atoms with Crippen LogP contribution in [0.15, 0.2) is 30.9 Å². The van der Waals surface area contributed by atoms with Crippen LogP contribution in [0.2, 0.25) is 0 Å². The lowest BCUT2D eigenvalue weighted by Gasteiger charge is -2.22. The van der Waals surface area contributed by atoms with E-state index in [1.165, 1.54) is 0 Å². The number of carbonyl (C=O) groups excluding carboxylic acids is 2. The van der Waals surface area contributed by atoms with Crippen molar-refractivity contribution in [2.24, 2.45) is 5.41 Å². The van der Waals surface area contributed by atoms with Gasteiger partial charge < -0.3 is 20.1 Å². The van der Waals surface area contributed by atoms with Crippen LogP contribution in [0.25, 0.3) is 0 Å². The minimum atomic E-state index is -1.20.